The van der Waals surface area contributed by atoms with E-state index in [1.165, 1.54) is 32.1 Å². The van der Waals surface area contributed by atoms with Crippen molar-refractivity contribution in [2.24, 2.45) is 0 Å². The first-order valence-electron chi connectivity index (χ1n) is 10.3. The van der Waals surface area contributed by atoms with E-state index in [-0.39, 0.29) is 17.9 Å². The van der Waals surface area contributed by atoms with Crippen LogP contribution in [-0.2, 0) is 14.3 Å². The van der Waals surface area contributed by atoms with Crippen LogP contribution in [0.4, 0.5) is 0 Å². The molecule has 1 aliphatic rings. The molecule has 2 amide bonds. The van der Waals surface area contributed by atoms with Crippen LogP contribution in [0.15, 0.2) is 0 Å². The molecule has 0 aromatic heterocycles. The summed E-state index contributed by atoms with van der Waals surface area (Å²) >= 11 is 0. The molecule has 0 saturated carbocycles. The Kier molecular flexibility index (Phi) is 12.3. The van der Waals surface area contributed by atoms with E-state index in [1.54, 1.807) is 19.1 Å². The van der Waals surface area contributed by atoms with E-state index in [0.717, 1.165) is 25.7 Å². The number of methoxy groups -OCH3 is 1. The van der Waals surface area contributed by atoms with Crippen LogP contribution >= 0.6 is 0 Å². The highest BCUT2D eigenvalue weighted by atomic mass is 16.5. The van der Waals surface area contributed by atoms with E-state index < -0.39 is 6.10 Å². The molecule has 0 bridgehead atoms. The molecule has 152 valence electrons. The standard InChI is InChI=1S/C20H38N2O4/c1-21-19(24)12-10-8-6-4-3-5-7-9-11-13-20(25)22-15-18(23)14-17(22)16-26-2/h17-18,23H,3-16H2,1-2H3,(H,21,24)/t17-,18?/m0/s1. The largest absolute Gasteiger partial charge is 0.391 e. The minimum atomic E-state index is -0.407. The Hall–Kier alpha value is -1.14. The maximum absolute atomic E-state index is 12.3. The highest BCUT2D eigenvalue weighted by Gasteiger charge is 2.33. The van der Waals surface area contributed by atoms with Crippen LogP contribution in [0.3, 0.4) is 0 Å². The highest BCUT2D eigenvalue weighted by Crippen LogP contribution is 2.20. The van der Waals surface area contributed by atoms with Crippen LogP contribution in [0.1, 0.15) is 77.0 Å². The van der Waals surface area contributed by atoms with Crippen LogP contribution < -0.4 is 5.32 Å². The molecule has 1 fully saturated rings. The third kappa shape index (κ3) is 9.53. The molecule has 1 saturated heterocycles. The maximum Gasteiger partial charge on any atom is 0.222 e. The summed E-state index contributed by atoms with van der Waals surface area (Å²) in [6.45, 7) is 0.957. The summed E-state index contributed by atoms with van der Waals surface area (Å²) in [5.41, 5.74) is 0. The van der Waals surface area contributed by atoms with Gasteiger partial charge in [0.05, 0.1) is 18.8 Å². The molecule has 0 aromatic carbocycles. The number of carbonyl (C=O) groups excluding carboxylic acids is 2. The van der Waals surface area contributed by atoms with Crippen molar-refractivity contribution in [3.63, 3.8) is 0 Å². The summed E-state index contributed by atoms with van der Waals surface area (Å²) in [7, 11) is 3.32. The number of hydrogen-bond donors (Lipinski definition) is 2. The molecule has 1 heterocycles. The van der Waals surface area contributed by atoms with Crippen molar-refractivity contribution in [3.05, 3.63) is 0 Å². The van der Waals surface area contributed by atoms with E-state index in [1.807, 2.05) is 0 Å². The lowest BCUT2D eigenvalue weighted by atomic mass is 10.1. The summed E-state index contributed by atoms with van der Waals surface area (Å²) in [5, 5.41) is 12.4. The number of amides is 2. The molecular formula is C20H38N2O4. The number of ether oxygens (including phenoxy) is 1. The van der Waals surface area contributed by atoms with Crippen LogP contribution in [-0.4, -0.2) is 61.3 Å². The van der Waals surface area contributed by atoms with Crippen molar-refractivity contribution >= 4 is 11.8 Å². The maximum atomic E-state index is 12.3. The summed E-state index contributed by atoms with van der Waals surface area (Å²) in [5.74, 6) is 0.288. The van der Waals surface area contributed by atoms with Gasteiger partial charge in [-0.05, 0) is 19.3 Å². The molecule has 6 heteroatoms. The second kappa shape index (κ2) is 14.0. The zero-order valence-corrected chi connectivity index (χ0v) is 16.7. The molecule has 0 aliphatic carbocycles. The number of rotatable bonds is 14. The van der Waals surface area contributed by atoms with Gasteiger partial charge in [-0.15, -0.1) is 0 Å². The Labute approximate surface area is 158 Å². The van der Waals surface area contributed by atoms with Crippen molar-refractivity contribution in [3.8, 4) is 0 Å². The van der Waals surface area contributed by atoms with E-state index in [2.05, 4.69) is 5.32 Å². The quantitative estimate of drug-likeness (QED) is 0.461. The minimum Gasteiger partial charge on any atom is -0.391 e. The fraction of sp³-hybridized carbons (Fsp3) is 0.900. The van der Waals surface area contributed by atoms with Crippen LogP contribution in [0.5, 0.6) is 0 Å². The Morgan fingerprint density at radius 2 is 1.54 bits per heavy atom. The smallest absolute Gasteiger partial charge is 0.222 e. The first kappa shape index (κ1) is 22.9. The molecular weight excluding hydrogens is 332 g/mol. The second-order valence-corrected chi connectivity index (χ2v) is 7.40. The van der Waals surface area contributed by atoms with Crippen molar-refractivity contribution in [1.29, 1.82) is 0 Å². The third-order valence-corrected chi connectivity index (χ3v) is 5.15. The molecule has 0 aromatic rings. The number of β-amino-alcohol motifs (C(OH)–C–C–N with tert-alkyl or cyclic N) is 1. The molecule has 26 heavy (non-hydrogen) atoms. The van der Waals surface area contributed by atoms with Crippen LogP contribution in [0.2, 0.25) is 0 Å². The van der Waals surface area contributed by atoms with Gasteiger partial charge in [0.15, 0.2) is 0 Å². The predicted molar refractivity (Wildman–Crippen MR) is 103 cm³/mol. The highest BCUT2D eigenvalue weighted by molar-refractivity contribution is 5.77. The molecule has 0 spiro atoms. The second-order valence-electron chi connectivity index (χ2n) is 7.40. The minimum absolute atomic E-state index is 0.0332. The Morgan fingerprint density at radius 1 is 1.00 bits per heavy atom. The molecule has 6 nitrogen and oxygen atoms in total. The number of aliphatic hydroxyl groups is 1. The third-order valence-electron chi connectivity index (χ3n) is 5.15. The summed E-state index contributed by atoms with van der Waals surface area (Å²) in [6, 6.07) is 0.0332. The first-order valence-corrected chi connectivity index (χ1v) is 10.3. The van der Waals surface area contributed by atoms with Crippen LogP contribution in [0, 0.1) is 0 Å². The predicted octanol–water partition coefficient (Wildman–Crippen LogP) is 2.63. The Bertz CT molecular complexity index is 403. The number of nitrogens with one attached hydrogen (secondary N) is 1. The normalized spacial score (nSPS) is 19.7. The number of nitrogens with zero attached hydrogens (tertiary/aromatic N) is 1. The van der Waals surface area contributed by atoms with Crippen molar-refractivity contribution in [2.45, 2.75) is 89.2 Å². The lowest BCUT2D eigenvalue weighted by molar-refractivity contribution is -0.133. The fourth-order valence-corrected chi connectivity index (χ4v) is 3.62. The lowest BCUT2D eigenvalue weighted by Gasteiger charge is -2.23. The molecule has 1 rings (SSSR count). The number of likely N-dealkylation sites (tertiary alicyclic amines) is 1. The number of unbranched alkanes of at least 4 members (excludes halogenated alkanes) is 8. The zero-order valence-electron chi connectivity index (χ0n) is 16.7. The van der Waals surface area contributed by atoms with E-state index in [0.29, 0.717) is 32.4 Å². The average molecular weight is 371 g/mol. The van der Waals surface area contributed by atoms with E-state index in [9.17, 15) is 14.7 Å². The van der Waals surface area contributed by atoms with Gasteiger partial charge in [-0.25, -0.2) is 0 Å². The zero-order chi connectivity index (χ0) is 19.2. The van der Waals surface area contributed by atoms with Gasteiger partial charge in [0, 0.05) is 33.5 Å². The van der Waals surface area contributed by atoms with E-state index in [4.69, 9.17) is 4.74 Å². The first-order chi connectivity index (χ1) is 12.6. The number of hydrogen-bond acceptors (Lipinski definition) is 4. The van der Waals surface area contributed by atoms with Gasteiger partial charge in [0.1, 0.15) is 0 Å². The molecule has 2 N–H and O–H groups in total. The van der Waals surface area contributed by atoms with Gasteiger partial charge in [0.25, 0.3) is 0 Å². The summed E-state index contributed by atoms with van der Waals surface area (Å²) in [6.07, 6.45) is 11.6. The van der Waals surface area contributed by atoms with Gasteiger partial charge in [-0.1, -0.05) is 44.9 Å². The van der Waals surface area contributed by atoms with Crippen molar-refractivity contribution in [1.82, 2.24) is 10.2 Å². The summed E-state index contributed by atoms with van der Waals surface area (Å²) in [4.78, 5) is 25.2. The van der Waals surface area contributed by atoms with E-state index >= 15 is 0 Å². The Morgan fingerprint density at radius 3 is 2.08 bits per heavy atom. The van der Waals surface area contributed by atoms with Crippen molar-refractivity contribution < 1.29 is 19.4 Å². The molecule has 1 aliphatic heterocycles. The summed E-state index contributed by atoms with van der Waals surface area (Å²) < 4.78 is 5.15. The van der Waals surface area contributed by atoms with Gasteiger partial charge in [-0.3, -0.25) is 9.59 Å². The fourth-order valence-electron chi connectivity index (χ4n) is 3.62. The monoisotopic (exact) mass is 370 g/mol. The number of aliphatic hydroxyl groups excluding tert-OH is 1. The van der Waals surface area contributed by atoms with Gasteiger partial charge >= 0.3 is 0 Å². The lowest BCUT2D eigenvalue weighted by Crippen LogP contribution is -2.38. The van der Waals surface area contributed by atoms with Crippen LogP contribution in [0.25, 0.3) is 0 Å². The molecule has 2 atom stereocenters. The SMILES string of the molecule is CNC(=O)CCCCCCCCCCCC(=O)N1CC(O)C[C@H]1COC. The Balaban J connectivity index is 1.95. The van der Waals surface area contributed by atoms with Gasteiger partial charge in [-0.2, -0.15) is 0 Å². The van der Waals surface area contributed by atoms with Crippen molar-refractivity contribution in [2.75, 3.05) is 27.3 Å². The molecule has 0 radical (unpaired) electrons. The van der Waals surface area contributed by atoms with Gasteiger partial charge in [0.2, 0.25) is 11.8 Å². The topological polar surface area (TPSA) is 78.9 Å². The number of carbonyl (C=O) groups is 2. The molecule has 1 unspecified atom stereocenters. The van der Waals surface area contributed by atoms with Gasteiger partial charge < -0.3 is 20.1 Å². The average Bonchev–Trinajstić information content (AvgIpc) is 3.00.